The molecule has 1 aliphatic heterocycles. The van der Waals surface area contributed by atoms with Gasteiger partial charge in [0.05, 0.1) is 5.75 Å². The zero-order chi connectivity index (χ0) is 17.2. The number of thiophene rings is 1. The van der Waals surface area contributed by atoms with Gasteiger partial charge in [-0.05, 0) is 50.8 Å². The Bertz CT molecular complexity index is 738. The van der Waals surface area contributed by atoms with Crippen LogP contribution in [0.15, 0.2) is 11.4 Å². The van der Waals surface area contributed by atoms with Gasteiger partial charge >= 0.3 is 0 Å². The predicted octanol–water partition coefficient (Wildman–Crippen LogP) is 2.91. The third-order valence-corrected chi connectivity index (χ3v) is 6.90. The van der Waals surface area contributed by atoms with Crippen LogP contribution in [0.1, 0.15) is 30.2 Å². The number of piperidine rings is 1. The number of carbonyl (C=O) groups excluding carboxylic acids is 1. The van der Waals surface area contributed by atoms with Gasteiger partial charge in [0.15, 0.2) is 0 Å². The fraction of sp³-hybridized carbons (Fsp3) is 0.588. The smallest absolute Gasteiger partial charge is 0.230 e. The Morgan fingerprint density at radius 1 is 1.38 bits per heavy atom. The first-order chi connectivity index (χ1) is 11.5. The van der Waals surface area contributed by atoms with E-state index in [1.165, 1.54) is 22.2 Å². The van der Waals surface area contributed by atoms with Crippen LogP contribution in [0.3, 0.4) is 0 Å². The summed E-state index contributed by atoms with van der Waals surface area (Å²) in [6.45, 7) is 9.28. The van der Waals surface area contributed by atoms with Crippen LogP contribution in [0.4, 0.5) is 0 Å². The lowest BCUT2D eigenvalue weighted by Gasteiger charge is -2.34. The Kier molecular flexibility index (Phi) is 5.42. The van der Waals surface area contributed by atoms with Crippen LogP contribution < -0.4 is 10.6 Å². The highest BCUT2D eigenvalue weighted by Crippen LogP contribution is 2.34. The molecule has 0 unspecified atom stereocenters. The summed E-state index contributed by atoms with van der Waals surface area (Å²) in [6.07, 6.45) is 3.81. The summed E-state index contributed by atoms with van der Waals surface area (Å²) in [4.78, 5) is 23.2. The van der Waals surface area contributed by atoms with Crippen molar-refractivity contribution < 1.29 is 4.79 Å². The average Bonchev–Trinajstić information content (AvgIpc) is 2.87. The van der Waals surface area contributed by atoms with Crippen LogP contribution in [-0.4, -0.2) is 41.3 Å². The molecule has 0 spiro atoms. The number of hydrogen-bond acceptors (Lipinski definition) is 6. The second-order valence-corrected chi connectivity index (χ2v) is 8.94. The Labute approximate surface area is 151 Å². The van der Waals surface area contributed by atoms with Crippen LogP contribution in [0.25, 0.3) is 10.2 Å². The molecule has 1 saturated heterocycles. The maximum Gasteiger partial charge on any atom is 0.230 e. The molecule has 3 rings (SSSR count). The maximum atomic E-state index is 12.2. The van der Waals surface area contributed by atoms with Gasteiger partial charge in [0.1, 0.15) is 16.2 Å². The average molecular weight is 365 g/mol. The number of rotatable bonds is 5. The number of aromatic nitrogens is 2. The van der Waals surface area contributed by atoms with E-state index < -0.39 is 0 Å². The van der Waals surface area contributed by atoms with E-state index in [0.717, 1.165) is 47.7 Å². The molecule has 0 atom stereocenters. The molecule has 0 aliphatic carbocycles. The molecule has 0 saturated carbocycles. The lowest BCUT2D eigenvalue weighted by molar-refractivity contribution is -0.119. The molecule has 130 valence electrons. The van der Waals surface area contributed by atoms with Gasteiger partial charge in [-0.2, -0.15) is 0 Å². The van der Waals surface area contributed by atoms with Crippen molar-refractivity contribution in [1.29, 1.82) is 0 Å². The van der Waals surface area contributed by atoms with E-state index in [1.807, 2.05) is 0 Å². The van der Waals surface area contributed by atoms with E-state index in [0.29, 0.717) is 5.75 Å². The summed E-state index contributed by atoms with van der Waals surface area (Å²) in [5, 5.41) is 8.48. The van der Waals surface area contributed by atoms with Crippen LogP contribution in [-0.2, 0) is 4.79 Å². The largest absolute Gasteiger partial charge is 0.355 e. The molecular weight excluding hydrogens is 340 g/mol. The van der Waals surface area contributed by atoms with Gasteiger partial charge in [0, 0.05) is 16.8 Å². The van der Waals surface area contributed by atoms with Gasteiger partial charge in [-0.25, -0.2) is 9.97 Å². The number of amides is 1. The van der Waals surface area contributed by atoms with Crippen LogP contribution >= 0.6 is 23.1 Å². The van der Waals surface area contributed by atoms with Crippen molar-refractivity contribution in [3.63, 3.8) is 0 Å². The third kappa shape index (κ3) is 3.90. The normalized spacial score (nSPS) is 17.1. The van der Waals surface area contributed by atoms with Crippen LogP contribution in [0, 0.1) is 19.3 Å². The zero-order valence-corrected chi connectivity index (χ0v) is 16.1. The van der Waals surface area contributed by atoms with Crippen LogP contribution in [0.5, 0.6) is 0 Å². The lowest BCUT2D eigenvalue weighted by Crippen LogP contribution is -2.43. The van der Waals surface area contributed by atoms with Crippen molar-refractivity contribution in [2.24, 2.45) is 5.41 Å². The highest BCUT2D eigenvalue weighted by Gasteiger charge is 2.27. The van der Waals surface area contributed by atoms with Crippen molar-refractivity contribution in [3.8, 4) is 0 Å². The minimum absolute atomic E-state index is 0.0797. The number of aryl methyl sites for hydroxylation is 2. The van der Waals surface area contributed by atoms with Crippen molar-refractivity contribution in [3.05, 3.63) is 16.8 Å². The highest BCUT2D eigenvalue weighted by molar-refractivity contribution is 8.00. The van der Waals surface area contributed by atoms with Gasteiger partial charge in [-0.3, -0.25) is 4.79 Å². The van der Waals surface area contributed by atoms with Gasteiger partial charge in [0.25, 0.3) is 0 Å². The minimum atomic E-state index is 0.0797. The molecular formula is C17H24N4OS2. The lowest BCUT2D eigenvalue weighted by atomic mass is 9.81. The zero-order valence-electron chi connectivity index (χ0n) is 14.4. The van der Waals surface area contributed by atoms with Crippen molar-refractivity contribution >= 4 is 39.2 Å². The fourth-order valence-corrected chi connectivity index (χ4v) is 4.91. The standard InChI is InChI=1S/C17H24N4OS2/c1-11-12(2)24-16-14(11)15(20-10-21-16)23-8-13(22)19-9-17(3)4-6-18-7-5-17/h10,18H,4-9H2,1-3H3,(H,19,22). The monoisotopic (exact) mass is 364 g/mol. The number of thioether (sulfide) groups is 1. The van der Waals surface area contributed by atoms with Gasteiger partial charge in [-0.15, -0.1) is 11.3 Å². The summed E-state index contributed by atoms with van der Waals surface area (Å²) >= 11 is 3.19. The third-order valence-electron chi connectivity index (χ3n) is 4.79. The maximum absolute atomic E-state index is 12.2. The minimum Gasteiger partial charge on any atom is -0.355 e. The molecule has 1 fully saturated rings. The molecule has 5 nitrogen and oxygen atoms in total. The molecule has 7 heteroatoms. The second kappa shape index (κ2) is 7.37. The molecule has 1 amide bonds. The molecule has 2 aromatic rings. The Morgan fingerprint density at radius 2 is 2.12 bits per heavy atom. The summed E-state index contributed by atoms with van der Waals surface area (Å²) in [7, 11) is 0. The van der Waals surface area contributed by atoms with Gasteiger partial charge < -0.3 is 10.6 Å². The number of fused-ring (bicyclic) bond motifs is 1. The van der Waals surface area contributed by atoms with Crippen molar-refractivity contribution in [2.45, 2.75) is 38.6 Å². The molecule has 0 aromatic carbocycles. The van der Waals surface area contributed by atoms with Crippen LogP contribution in [0.2, 0.25) is 0 Å². The van der Waals surface area contributed by atoms with E-state index in [1.54, 1.807) is 17.7 Å². The van der Waals surface area contributed by atoms with Gasteiger partial charge in [-0.1, -0.05) is 18.7 Å². The van der Waals surface area contributed by atoms with E-state index in [2.05, 4.69) is 41.4 Å². The molecule has 24 heavy (non-hydrogen) atoms. The summed E-state index contributed by atoms with van der Waals surface area (Å²) < 4.78 is 0. The Balaban J connectivity index is 1.58. The summed E-state index contributed by atoms with van der Waals surface area (Å²) in [6, 6.07) is 0. The van der Waals surface area contributed by atoms with Crippen molar-refractivity contribution in [2.75, 3.05) is 25.4 Å². The molecule has 1 aliphatic rings. The number of nitrogens with zero attached hydrogens (tertiary/aromatic N) is 2. The first-order valence-electron chi connectivity index (χ1n) is 8.29. The van der Waals surface area contributed by atoms with Crippen molar-refractivity contribution in [1.82, 2.24) is 20.6 Å². The second-order valence-electron chi connectivity index (χ2n) is 6.77. The Hall–Kier alpha value is -1.18. The summed E-state index contributed by atoms with van der Waals surface area (Å²) in [5.74, 6) is 0.477. The molecule has 2 N–H and O–H groups in total. The van der Waals surface area contributed by atoms with E-state index in [9.17, 15) is 4.79 Å². The van der Waals surface area contributed by atoms with E-state index in [-0.39, 0.29) is 11.3 Å². The van der Waals surface area contributed by atoms with E-state index >= 15 is 0 Å². The quantitative estimate of drug-likeness (QED) is 0.631. The topological polar surface area (TPSA) is 66.9 Å². The first-order valence-corrected chi connectivity index (χ1v) is 10.1. The fourth-order valence-electron chi connectivity index (χ4n) is 2.96. The number of carbonyl (C=O) groups is 1. The SMILES string of the molecule is Cc1sc2ncnc(SCC(=O)NCC3(C)CCNCC3)c2c1C. The van der Waals surface area contributed by atoms with E-state index in [4.69, 9.17) is 0 Å². The molecule has 0 bridgehead atoms. The molecule has 3 heterocycles. The number of nitrogens with one attached hydrogen (secondary N) is 2. The summed E-state index contributed by atoms with van der Waals surface area (Å²) in [5.41, 5.74) is 1.44. The van der Waals surface area contributed by atoms with Gasteiger partial charge in [0.2, 0.25) is 5.91 Å². The first kappa shape index (κ1) is 17.6. The molecule has 2 aromatic heterocycles. The molecule has 0 radical (unpaired) electrons. The highest BCUT2D eigenvalue weighted by atomic mass is 32.2. The number of hydrogen-bond donors (Lipinski definition) is 2. The predicted molar refractivity (Wildman–Crippen MR) is 101 cm³/mol. The Morgan fingerprint density at radius 3 is 2.88 bits per heavy atom.